The Balaban J connectivity index is 1.89. The molecule has 1 aliphatic rings. The molecule has 2 N–H and O–H groups in total. The van der Waals surface area contributed by atoms with Crippen molar-refractivity contribution in [3.63, 3.8) is 0 Å². The zero-order valence-electron chi connectivity index (χ0n) is 9.88. The number of carbonyl (C=O) groups is 2. The summed E-state index contributed by atoms with van der Waals surface area (Å²) < 4.78 is 0. The maximum Gasteiger partial charge on any atom is 0.327 e. The summed E-state index contributed by atoms with van der Waals surface area (Å²) >= 11 is 3.08. The molecule has 0 spiro atoms. The van der Waals surface area contributed by atoms with Crippen LogP contribution in [0.3, 0.4) is 0 Å². The minimum absolute atomic E-state index is 0.307. The first kappa shape index (κ1) is 13.2. The molecular weight excluding hydrogens is 272 g/mol. The summed E-state index contributed by atoms with van der Waals surface area (Å²) in [5.41, 5.74) is 0. The van der Waals surface area contributed by atoms with Gasteiger partial charge < -0.3 is 15.3 Å². The molecule has 1 aromatic heterocycles. The number of hydrogen-bond acceptors (Lipinski definition) is 4. The highest BCUT2D eigenvalue weighted by molar-refractivity contribution is 7.99. The van der Waals surface area contributed by atoms with Crippen LogP contribution in [-0.2, 0) is 11.3 Å². The number of thiophene rings is 1. The molecule has 1 atom stereocenters. The van der Waals surface area contributed by atoms with E-state index in [4.69, 9.17) is 5.11 Å². The number of amides is 2. The maximum atomic E-state index is 11.9. The van der Waals surface area contributed by atoms with Crippen molar-refractivity contribution in [3.8, 4) is 0 Å². The zero-order chi connectivity index (χ0) is 13.1. The van der Waals surface area contributed by atoms with Crippen LogP contribution in [0.4, 0.5) is 4.79 Å². The summed E-state index contributed by atoms with van der Waals surface area (Å²) in [6, 6.07) is 2.95. The van der Waals surface area contributed by atoms with Gasteiger partial charge in [0.2, 0.25) is 0 Å². The fraction of sp³-hybridized carbons (Fsp3) is 0.455. The molecule has 1 aliphatic heterocycles. The third-order valence-corrected chi connectivity index (χ3v) is 4.65. The topological polar surface area (TPSA) is 69.6 Å². The van der Waals surface area contributed by atoms with Crippen LogP contribution in [0.15, 0.2) is 12.1 Å². The van der Waals surface area contributed by atoms with E-state index >= 15 is 0 Å². The minimum Gasteiger partial charge on any atom is -0.480 e. The Kier molecular flexibility index (Phi) is 4.13. The normalized spacial score (nSPS) is 18.9. The average molecular weight is 286 g/mol. The molecule has 1 saturated heterocycles. The van der Waals surface area contributed by atoms with Crippen LogP contribution in [0.2, 0.25) is 0 Å². The summed E-state index contributed by atoms with van der Waals surface area (Å²) in [6.07, 6.45) is 0. The lowest BCUT2D eigenvalue weighted by Gasteiger charge is -2.20. The van der Waals surface area contributed by atoms with Gasteiger partial charge in [-0.2, -0.15) is 0 Å². The lowest BCUT2D eigenvalue weighted by Crippen LogP contribution is -2.46. The molecule has 7 heteroatoms. The Labute approximate surface area is 113 Å². The van der Waals surface area contributed by atoms with Crippen LogP contribution in [0.1, 0.15) is 9.75 Å². The van der Waals surface area contributed by atoms with E-state index in [-0.39, 0.29) is 6.03 Å². The monoisotopic (exact) mass is 286 g/mol. The molecule has 2 amide bonds. The quantitative estimate of drug-likeness (QED) is 0.888. The molecule has 2 rings (SSSR count). The Morgan fingerprint density at radius 3 is 2.94 bits per heavy atom. The number of nitrogens with one attached hydrogen (secondary N) is 1. The van der Waals surface area contributed by atoms with Crippen molar-refractivity contribution >= 4 is 35.1 Å². The van der Waals surface area contributed by atoms with Crippen molar-refractivity contribution in [2.24, 2.45) is 0 Å². The molecule has 98 valence electrons. The Morgan fingerprint density at radius 2 is 2.33 bits per heavy atom. The highest BCUT2D eigenvalue weighted by atomic mass is 32.2. The van der Waals surface area contributed by atoms with E-state index in [1.54, 1.807) is 11.3 Å². The van der Waals surface area contributed by atoms with Crippen LogP contribution in [0.5, 0.6) is 0 Å². The number of hydrogen-bond donors (Lipinski definition) is 2. The predicted molar refractivity (Wildman–Crippen MR) is 71.9 cm³/mol. The molecule has 0 radical (unpaired) electrons. The van der Waals surface area contributed by atoms with Crippen LogP contribution in [0, 0.1) is 6.92 Å². The number of carboxylic acids is 1. The largest absolute Gasteiger partial charge is 0.480 e. The van der Waals surface area contributed by atoms with E-state index in [2.05, 4.69) is 5.32 Å². The standard InChI is InChI=1S/C11H14N2O3S2/c1-7-2-3-8(18-7)4-12-11(16)13-6-17-5-9(13)10(14)15/h2-3,9H,4-6H2,1H3,(H,12,16)(H,14,15)/t9-/m0/s1. The Bertz CT molecular complexity index is 461. The first-order valence-corrected chi connectivity index (χ1v) is 7.45. The van der Waals surface area contributed by atoms with Crippen molar-refractivity contribution in [1.29, 1.82) is 0 Å². The first-order valence-electron chi connectivity index (χ1n) is 5.48. The summed E-state index contributed by atoms with van der Waals surface area (Å²) in [7, 11) is 0. The fourth-order valence-electron chi connectivity index (χ4n) is 1.69. The van der Waals surface area contributed by atoms with Crippen molar-refractivity contribution in [3.05, 3.63) is 21.9 Å². The highest BCUT2D eigenvalue weighted by Gasteiger charge is 2.34. The SMILES string of the molecule is Cc1ccc(CNC(=O)N2CSC[C@H]2C(=O)O)s1. The van der Waals surface area contributed by atoms with Gasteiger partial charge in [0.05, 0.1) is 12.4 Å². The van der Waals surface area contributed by atoms with Crippen LogP contribution in [0.25, 0.3) is 0 Å². The molecule has 0 bridgehead atoms. The molecule has 18 heavy (non-hydrogen) atoms. The van der Waals surface area contributed by atoms with Crippen molar-refractivity contribution < 1.29 is 14.7 Å². The lowest BCUT2D eigenvalue weighted by molar-refractivity contribution is -0.140. The number of nitrogens with zero attached hydrogens (tertiary/aromatic N) is 1. The Hall–Kier alpha value is -1.21. The van der Waals surface area contributed by atoms with E-state index in [9.17, 15) is 9.59 Å². The second-order valence-electron chi connectivity index (χ2n) is 3.99. The van der Waals surface area contributed by atoms with Crippen LogP contribution >= 0.6 is 23.1 Å². The van der Waals surface area contributed by atoms with E-state index in [1.165, 1.54) is 21.5 Å². The Morgan fingerprint density at radius 1 is 1.56 bits per heavy atom. The van der Waals surface area contributed by atoms with Gasteiger partial charge in [0.1, 0.15) is 6.04 Å². The molecule has 0 aliphatic carbocycles. The smallest absolute Gasteiger partial charge is 0.327 e. The second-order valence-corrected chi connectivity index (χ2v) is 6.37. The third kappa shape index (κ3) is 2.97. The van der Waals surface area contributed by atoms with Gasteiger partial charge in [-0.25, -0.2) is 9.59 Å². The first-order chi connectivity index (χ1) is 8.58. The van der Waals surface area contributed by atoms with Gasteiger partial charge in [-0.1, -0.05) is 0 Å². The molecule has 1 fully saturated rings. The number of thioether (sulfide) groups is 1. The molecular formula is C11H14N2O3S2. The van der Waals surface area contributed by atoms with Gasteiger partial charge in [0.15, 0.2) is 0 Å². The summed E-state index contributed by atoms with van der Waals surface area (Å²) in [6.45, 7) is 2.46. The molecule has 0 saturated carbocycles. The fourth-order valence-corrected chi connectivity index (χ4v) is 3.67. The zero-order valence-corrected chi connectivity index (χ0v) is 11.5. The molecule has 0 unspecified atom stereocenters. The van der Waals surface area contributed by atoms with Crippen molar-refractivity contribution in [1.82, 2.24) is 10.2 Å². The van der Waals surface area contributed by atoms with Crippen molar-refractivity contribution in [2.45, 2.75) is 19.5 Å². The van der Waals surface area contributed by atoms with Gasteiger partial charge in [-0.15, -0.1) is 23.1 Å². The summed E-state index contributed by atoms with van der Waals surface area (Å²) in [4.78, 5) is 26.5. The molecule has 5 nitrogen and oxygen atoms in total. The lowest BCUT2D eigenvalue weighted by atomic mass is 10.3. The number of carboxylic acid groups (broad SMARTS) is 1. The highest BCUT2D eigenvalue weighted by Crippen LogP contribution is 2.21. The van der Waals surface area contributed by atoms with Crippen LogP contribution in [-0.4, -0.2) is 39.7 Å². The number of aryl methyl sites for hydroxylation is 1. The van der Waals surface area contributed by atoms with Gasteiger partial charge in [-0.3, -0.25) is 0 Å². The number of rotatable bonds is 3. The molecule has 1 aromatic rings. The van der Waals surface area contributed by atoms with E-state index in [0.717, 1.165) is 4.88 Å². The minimum atomic E-state index is -0.942. The van der Waals surface area contributed by atoms with Gasteiger partial charge >= 0.3 is 12.0 Å². The van der Waals surface area contributed by atoms with E-state index in [0.29, 0.717) is 18.2 Å². The maximum absolute atomic E-state index is 11.9. The van der Waals surface area contributed by atoms with E-state index in [1.807, 2.05) is 19.1 Å². The summed E-state index contributed by atoms with van der Waals surface area (Å²) in [5, 5.41) is 11.7. The second kappa shape index (κ2) is 5.62. The summed E-state index contributed by atoms with van der Waals surface area (Å²) in [5.74, 6) is -0.0465. The third-order valence-electron chi connectivity index (χ3n) is 2.64. The van der Waals surface area contributed by atoms with E-state index < -0.39 is 12.0 Å². The molecule has 2 heterocycles. The van der Waals surface area contributed by atoms with Gasteiger partial charge in [-0.05, 0) is 19.1 Å². The number of carbonyl (C=O) groups excluding carboxylic acids is 1. The number of aliphatic carboxylic acids is 1. The van der Waals surface area contributed by atoms with Crippen LogP contribution < -0.4 is 5.32 Å². The molecule has 0 aromatic carbocycles. The predicted octanol–water partition coefficient (Wildman–Crippen LogP) is 1.73. The van der Waals surface area contributed by atoms with Gasteiger partial charge in [0, 0.05) is 15.5 Å². The average Bonchev–Trinajstić information content (AvgIpc) is 2.94. The number of urea groups is 1. The van der Waals surface area contributed by atoms with Crippen molar-refractivity contribution in [2.75, 3.05) is 11.6 Å². The van der Waals surface area contributed by atoms with Gasteiger partial charge in [0.25, 0.3) is 0 Å².